The molecule has 0 saturated carbocycles. The smallest absolute Gasteiger partial charge is 0.245 e. The minimum atomic E-state index is -1.03. The normalized spacial score (nSPS) is 21.4. The molecule has 7 nitrogen and oxygen atoms in total. The summed E-state index contributed by atoms with van der Waals surface area (Å²) < 4.78 is 6.23. The van der Waals surface area contributed by atoms with Gasteiger partial charge in [-0.15, -0.1) is 0 Å². The van der Waals surface area contributed by atoms with Crippen LogP contribution in [0, 0.1) is 21.8 Å². The van der Waals surface area contributed by atoms with Crippen LogP contribution in [0.2, 0.25) is 0 Å². The Labute approximate surface area is 203 Å². The average molecular weight is 553 g/mol. The summed E-state index contributed by atoms with van der Waals surface area (Å²) in [4.78, 5) is 27.7. The molecule has 3 rings (SSSR count). The number of halogens is 1. The Morgan fingerprint density at radius 2 is 1.94 bits per heavy atom. The molecule has 0 aliphatic carbocycles. The summed E-state index contributed by atoms with van der Waals surface area (Å²) in [6.45, 7) is 10.4. The van der Waals surface area contributed by atoms with E-state index >= 15 is 0 Å². The van der Waals surface area contributed by atoms with E-state index in [1.807, 2.05) is 52.0 Å². The standard InChI is InChI=1S/C24H32IN3O4/c1-15(2)21(26-20(29)13-19-12-16(3)27-32-19)22(30)28-11-10-24(31,23(4,5)14-28)17-6-8-18(25)9-7-17/h6-9,12,15,21,31H,10-11,13-14H2,1-5H3,(H,26,29)/t21-,24+/m1/s1. The van der Waals surface area contributed by atoms with Gasteiger partial charge in [-0.05, 0) is 59.5 Å². The predicted octanol–water partition coefficient (Wildman–Crippen LogP) is 3.42. The first-order valence-corrected chi connectivity index (χ1v) is 12.0. The number of nitrogens with zero attached hydrogens (tertiary/aromatic N) is 2. The number of aromatic nitrogens is 1. The molecule has 1 aliphatic rings. The second kappa shape index (κ2) is 9.51. The van der Waals surface area contributed by atoms with E-state index in [0.29, 0.717) is 31.0 Å². The van der Waals surface area contributed by atoms with Gasteiger partial charge in [-0.25, -0.2) is 0 Å². The number of amides is 2. The Balaban J connectivity index is 1.71. The Bertz CT molecular complexity index is 970. The summed E-state index contributed by atoms with van der Waals surface area (Å²) in [5, 5.41) is 18.3. The van der Waals surface area contributed by atoms with Crippen LogP contribution in [0.1, 0.15) is 51.1 Å². The molecule has 8 heteroatoms. The Hall–Kier alpha value is -1.94. The molecule has 32 heavy (non-hydrogen) atoms. The van der Waals surface area contributed by atoms with Gasteiger partial charge in [0, 0.05) is 28.1 Å². The van der Waals surface area contributed by atoms with Gasteiger partial charge in [-0.2, -0.15) is 0 Å². The van der Waals surface area contributed by atoms with Crippen molar-refractivity contribution in [2.24, 2.45) is 11.3 Å². The maximum absolute atomic E-state index is 13.4. The lowest BCUT2D eigenvalue weighted by atomic mass is 9.66. The molecule has 2 N–H and O–H groups in total. The summed E-state index contributed by atoms with van der Waals surface area (Å²) in [6, 6.07) is 8.97. The largest absolute Gasteiger partial charge is 0.384 e. The van der Waals surface area contributed by atoms with Crippen molar-refractivity contribution in [2.75, 3.05) is 13.1 Å². The van der Waals surface area contributed by atoms with E-state index in [4.69, 9.17) is 4.52 Å². The first kappa shape index (κ1) is 24.7. The highest BCUT2D eigenvalue weighted by Gasteiger charge is 2.50. The van der Waals surface area contributed by atoms with Crippen molar-refractivity contribution in [2.45, 2.75) is 59.1 Å². The van der Waals surface area contributed by atoms with Gasteiger partial charge in [0.05, 0.1) is 17.7 Å². The molecule has 0 unspecified atom stereocenters. The number of carbonyl (C=O) groups is 2. The number of nitrogens with one attached hydrogen (secondary N) is 1. The number of likely N-dealkylation sites (tertiary alicyclic amines) is 1. The van der Waals surface area contributed by atoms with Gasteiger partial charge < -0.3 is 19.8 Å². The number of aryl methyl sites for hydroxylation is 1. The lowest BCUT2D eigenvalue weighted by Crippen LogP contribution is -2.60. The van der Waals surface area contributed by atoms with Crippen molar-refractivity contribution in [3.05, 3.63) is 50.9 Å². The third-order valence-corrected chi connectivity index (χ3v) is 7.06. The molecule has 1 fully saturated rings. The number of aliphatic hydroxyl groups is 1. The van der Waals surface area contributed by atoms with Crippen LogP contribution in [-0.4, -0.2) is 46.1 Å². The van der Waals surface area contributed by atoms with Crippen LogP contribution >= 0.6 is 22.6 Å². The van der Waals surface area contributed by atoms with E-state index < -0.39 is 17.1 Å². The first-order chi connectivity index (χ1) is 14.9. The molecule has 1 saturated heterocycles. The van der Waals surface area contributed by atoms with Crippen LogP contribution < -0.4 is 5.32 Å². The fourth-order valence-corrected chi connectivity index (χ4v) is 4.72. The van der Waals surface area contributed by atoms with E-state index in [1.54, 1.807) is 17.9 Å². The third kappa shape index (κ3) is 5.17. The number of piperidine rings is 1. The quantitative estimate of drug-likeness (QED) is 0.535. The summed E-state index contributed by atoms with van der Waals surface area (Å²) in [6.07, 6.45) is 0.470. The van der Waals surface area contributed by atoms with Gasteiger partial charge in [-0.1, -0.05) is 45.0 Å². The van der Waals surface area contributed by atoms with Crippen LogP contribution in [-0.2, 0) is 21.6 Å². The Morgan fingerprint density at radius 3 is 2.47 bits per heavy atom. The molecular formula is C24H32IN3O4. The van der Waals surface area contributed by atoms with Crippen LogP contribution in [0.3, 0.4) is 0 Å². The maximum atomic E-state index is 13.4. The van der Waals surface area contributed by atoms with Crippen molar-refractivity contribution in [1.29, 1.82) is 0 Å². The zero-order valence-corrected chi connectivity index (χ0v) is 21.5. The molecule has 0 bridgehead atoms. The summed E-state index contributed by atoms with van der Waals surface area (Å²) >= 11 is 2.25. The minimum Gasteiger partial charge on any atom is -0.384 e. The van der Waals surface area contributed by atoms with Gasteiger partial charge in [0.1, 0.15) is 11.8 Å². The van der Waals surface area contributed by atoms with Crippen molar-refractivity contribution < 1.29 is 19.2 Å². The lowest BCUT2D eigenvalue weighted by molar-refractivity contribution is -0.156. The molecule has 2 heterocycles. The minimum absolute atomic E-state index is 0.0371. The second-order valence-corrected chi connectivity index (χ2v) is 10.9. The summed E-state index contributed by atoms with van der Waals surface area (Å²) in [7, 11) is 0. The monoisotopic (exact) mass is 553 g/mol. The predicted molar refractivity (Wildman–Crippen MR) is 130 cm³/mol. The fourth-order valence-electron chi connectivity index (χ4n) is 4.36. The number of rotatable bonds is 6. The van der Waals surface area contributed by atoms with Crippen LogP contribution in [0.4, 0.5) is 0 Å². The van der Waals surface area contributed by atoms with E-state index in [9.17, 15) is 14.7 Å². The SMILES string of the molecule is Cc1cc(CC(=O)N[C@@H](C(=O)N2CC[C@](O)(c3ccc(I)cc3)C(C)(C)C2)C(C)C)on1. The van der Waals surface area contributed by atoms with E-state index in [-0.39, 0.29) is 24.2 Å². The zero-order valence-electron chi connectivity index (χ0n) is 19.3. The molecular weight excluding hydrogens is 521 g/mol. The average Bonchev–Trinajstić information content (AvgIpc) is 3.12. The number of hydrogen-bond acceptors (Lipinski definition) is 5. The highest BCUT2D eigenvalue weighted by molar-refractivity contribution is 14.1. The molecule has 2 aromatic rings. The fraction of sp³-hybridized carbons (Fsp3) is 0.542. The van der Waals surface area contributed by atoms with E-state index in [1.165, 1.54) is 0 Å². The zero-order chi connectivity index (χ0) is 23.7. The molecule has 174 valence electrons. The van der Waals surface area contributed by atoms with Gasteiger partial charge in [-0.3, -0.25) is 9.59 Å². The van der Waals surface area contributed by atoms with E-state index in [0.717, 1.165) is 9.13 Å². The Kier molecular flexibility index (Phi) is 7.34. The maximum Gasteiger partial charge on any atom is 0.245 e. The highest BCUT2D eigenvalue weighted by atomic mass is 127. The molecule has 2 amide bonds. The number of carbonyl (C=O) groups excluding carboxylic acids is 2. The summed E-state index contributed by atoms with van der Waals surface area (Å²) in [5.74, 6) is -0.0145. The number of benzene rings is 1. The highest BCUT2D eigenvalue weighted by Crippen LogP contribution is 2.46. The second-order valence-electron chi connectivity index (χ2n) is 9.66. The molecule has 1 aromatic heterocycles. The number of hydrogen-bond donors (Lipinski definition) is 2. The van der Waals surface area contributed by atoms with Crippen LogP contribution in [0.5, 0.6) is 0 Å². The molecule has 1 aromatic carbocycles. The van der Waals surface area contributed by atoms with Crippen molar-refractivity contribution in [3.63, 3.8) is 0 Å². The molecule has 1 aliphatic heterocycles. The van der Waals surface area contributed by atoms with Crippen molar-refractivity contribution in [3.8, 4) is 0 Å². The van der Waals surface area contributed by atoms with Crippen LogP contribution in [0.15, 0.2) is 34.9 Å². The van der Waals surface area contributed by atoms with Crippen molar-refractivity contribution >= 4 is 34.4 Å². The lowest BCUT2D eigenvalue weighted by Gasteiger charge is -2.51. The molecule has 0 spiro atoms. The van der Waals surface area contributed by atoms with Crippen LogP contribution in [0.25, 0.3) is 0 Å². The van der Waals surface area contributed by atoms with E-state index in [2.05, 4.69) is 33.1 Å². The summed E-state index contributed by atoms with van der Waals surface area (Å²) in [5.41, 5.74) is -0.0163. The van der Waals surface area contributed by atoms with Gasteiger partial charge in [0.25, 0.3) is 0 Å². The van der Waals surface area contributed by atoms with Gasteiger partial charge in [0.2, 0.25) is 11.8 Å². The third-order valence-electron chi connectivity index (χ3n) is 6.34. The first-order valence-electron chi connectivity index (χ1n) is 10.9. The molecule has 0 radical (unpaired) electrons. The topological polar surface area (TPSA) is 95.7 Å². The van der Waals surface area contributed by atoms with Gasteiger partial charge in [0.15, 0.2) is 0 Å². The van der Waals surface area contributed by atoms with Crippen molar-refractivity contribution in [1.82, 2.24) is 15.4 Å². The van der Waals surface area contributed by atoms with Gasteiger partial charge >= 0.3 is 0 Å². The Morgan fingerprint density at radius 1 is 1.28 bits per heavy atom. The molecule has 2 atom stereocenters.